The molecule has 1 saturated heterocycles. The van der Waals surface area contributed by atoms with Crippen LogP contribution in [0.4, 0.5) is 23.8 Å². The van der Waals surface area contributed by atoms with Crippen LogP contribution in [0.3, 0.4) is 0 Å². The Bertz CT molecular complexity index is 1450. The molecule has 0 aliphatic carbocycles. The zero-order valence-corrected chi connectivity index (χ0v) is 25.6. The fourth-order valence-electron chi connectivity index (χ4n) is 4.74. The van der Waals surface area contributed by atoms with Crippen molar-refractivity contribution in [3.8, 4) is 17.3 Å². The summed E-state index contributed by atoms with van der Waals surface area (Å²) in [5, 5.41) is 0.626. The first-order valence-electron chi connectivity index (χ1n) is 13.6. The zero-order chi connectivity index (χ0) is 31.0. The number of alkyl halides is 3. The predicted octanol–water partition coefficient (Wildman–Crippen LogP) is 6.06. The van der Waals surface area contributed by atoms with Gasteiger partial charge in [-0.25, -0.2) is 4.79 Å². The molecule has 1 amide bonds. The lowest BCUT2D eigenvalue weighted by Gasteiger charge is -2.36. The number of fused-ring (bicyclic) bond motifs is 1. The van der Waals surface area contributed by atoms with E-state index in [4.69, 9.17) is 26.1 Å². The summed E-state index contributed by atoms with van der Waals surface area (Å²) < 4.78 is 53.4. The van der Waals surface area contributed by atoms with Crippen LogP contribution in [0, 0.1) is 6.92 Å². The number of pyridine rings is 1. The quantitative estimate of drug-likeness (QED) is 0.334. The van der Waals surface area contributed by atoms with Gasteiger partial charge in [-0.1, -0.05) is 11.6 Å². The van der Waals surface area contributed by atoms with Gasteiger partial charge in [0.1, 0.15) is 17.5 Å². The maximum atomic E-state index is 13.9. The summed E-state index contributed by atoms with van der Waals surface area (Å²) in [6.07, 6.45) is -5.29. The first-order valence-corrected chi connectivity index (χ1v) is 14.0. The summed E-state index contributed by atoms with van der Waals surface area (Å²) in [7, 11) is 3.83. The lowest BCUT2D eigenvalue weighted by molar-refractivity contribution is -0.137. The molecule has 1 fully saturated rings. The van der Waals surface area contributed by atoms with Crippen molar-refractivity contribution in [3.05, 3.63) is 40.5 Å². The smallest absolute Gasteiger partial charge is 0.418 e. The highest BCUT2D eigenvalue weighted by molar-refractivity contribution is 6.34. The summed E-state index contributed by atoms with van der Waals surface area (Å²) >= 11 is 6.64. The number of carbonyl (C=O) groups is 1. The van der Waals surface area contributed by atoms with E-state index < -0.39 is 23.4 Å². The molecule has 228 valence electrons. The van der Waals surface area contributed by atoms with Crippen molar-refractivity contribution in [1.29, 1.82) is 0 Å². The van der Waals surface area contributed by atoms with Crippen molar-refractivity contribution in [3.63, 3.8) is 0 Å². The van der Waals surface area contributed by atoms with Gasteiger partial charge in [-0.05, 0) is 73.0 Å². The molecule has 9 nitrogen and oxygen atoms in total. The number of hydrogen-bond acceptors (Lipinski definition) is 8. The van der Waals surface area contributed by atoms with Crippen LogP contribution in [-0.2, 0) is 10.9 Å². The second-order valence-electron chi connectivity index (χ2n) is 11.7. The molecule has 1 aliphatic rings. The molecule has 1 aromatic carbocycles. The van der Waals surface area contributed by atoms with Crippen LogP contribution in [0.25, 0.3) is 22.2 Å². The van der Waals surface area contributed by atoms with Crippen molar-refractivity contribution < 1.29 is 27.4 Å². The molecule has 1 atom stereocenters. The first kappa shape index (κ1) is 31.6. The van der Waals surface area contributed by atoms with Gasteiger partial charge >= 0.3 is 18.3 Å². The number of likely N-dealkylation sites (N-methyl/N-ethyl adjacent to an activating group) is 1. The van der Waals surface area contributed by atoms with Gasteiger partial charge in [0.2, 0.25) is 0 Å². The van der Waals surface area contributed by atoms with Gasteiger partial charge in [0.25, 0.3) is 0 Å². The molecule has 42 heavy (non-hydrogen) atoms. The SMILES string of the molecule is Cc1ccc(C(F)(F)F)c(-c2cc3nc(OC(C)CN(C)C)nc(N4CCN(C(=O)OC(C)(C)C)CC4)c3cc2Cl)n1. The number of carbonyl (C=O) groups excluding carboxylic acids is 1. The number of benzene rings is 1. The highest BCUT2D eigenvalue weighted by Gasteiger charge is 2.35. The summed E-state index contributed by atoms with van der Waals surface area (Å²) in [4.78, 5) is 31.7. The van der Waals surface area contributed by atoms with Crippen LogP contribution >= 0.6 is 11.6 Å². The average molecular weight is 609 g/mol. The summed E-state index contributed by atoms with van der Waals surface area (Å²) in [5.41, 5.74) is -0.896. The lowest BCUT2D eigenvalue weighted by atomic mass is 10.0. The van der Waals surface area contributed by atoms with E-state index in [0.29, 0.717) is 55.1 Å². The predicted molar refractivity (Wildman–Crippen MR) is 156 cm³/mol. The van der Waals surface area contributed by atoms with E-state index >= 15 is 0 Å². The number of hydrogen-bond donors (Lipinski definition) is 0. The maximum absolute atomic E-state index is 13.9. The number of amides is 1. The Morgan fingerprint density at radius 1 is 1.07 bits per heavy atom. The number of aromatic nitrogens is 3. The number of nitrogens with zero attached hydrogens (tertiary/aromatic N) is 6. The van der Waals surface area contributed by atoms with Gasteiger partial charge in [0, 0.05) is 49.4 Å². The molecule has 4 rings (SSSR count). The Morgan fingerprint density at radius 2 is 1.74 bits per heavy atom. The van der Waals surface area contributed by atoms with Crippen LogP contribution < -0.4 is 9.64 Å². The summed E-state index contributed by atoms with van der Waals surface area (Å²) in [5.74, 6) is 0.512. The van der Waals surface area contributed by atoms with Crippen LogP contribution in [-0.4, -0.2) is 89.4 Å². The maximum Gasteiger partial charge on any atom is 0.418 e. The Hall–Kier alpha value is -3.38. The first-order chi connectivity index (χ1) is 19.5. The topological polar surface area (TPSA) is 83.9 Å². The molecule has 0 N–H and O–H groups in total. The normalized spacial score (nSPS) is 15.3. The van der Waals surface area contributed by atoms with Crippen LogP contribution in [0.5, 0.6) is 6.01 Å². The van der Waals surface area contributed by atoms with Crippen molar-refractivity contribution in [2.45, 2.75) is 52.5 Å². The second-order valence-corrected chi connectivity index (χ2v) is 12.1. The fraction of sp³-hybridized carbons (Fsp3) is 0.517. The van der Waals surface area contributed by atoms with E-state index in [1.165, 1.54) is 12.1 Å². The average Bonchev–Trinajstić information content (AvgIpc) is 2.86. The Labute approximate surface area is 248 Å². The number of ether oxygens (including phenoxy) is 2. The monoisotopic (exact) mass is 608 g/mol. The van der Waals surface area contributed by atoms with Crippen molar-refractivity contribution in [2.75, 3.05) is 51.7 Å². The molecule has 2 aromatic heterocycles. The van der Waals surface area contributed by atoms with Crippen LogP contribution in [0.1, 0.15) is 39.0 Å². The minimum absolute atomic E-state index is 0.0815. The van der Waals surface area contributed by atoms with Gasteiger partial charge in [0.05, 0.1) is 21.8 Å². The van der Waals surface area contributed by atoms with Crippen molar-refractivity contribution in [2.24, 2.45) is 0 Å². The molecule has 1 unspecified atom stereocenters. The number of halogens is 4. The van der Waals surface area contributed by atoms with E-state index in [9.17, 15) is 18.0 Å². The van der Waals surface area contributed by atoms with Gasteiger partial charge < -0.3 is 24.2 Å². The fourth-order valence-corrected chi connectivity index (χ4v) is 4.99. The van der Waals surface area contributed by atoms with Gasteiger partial charge in [0.15, 0.2) is 0 Å². The van der Waals surface area contributed by atoms with Gasteiger partial charge in [-0.3, -0.25) is 4.98 Å². The van der Waals surface area contributed by atoms with Gasteiger partial charge in [-0.15, -0.1) is 0 Å². The highest BCUT2D eigenvalue weighted by Crippen LogP contribution is 2.41. The molecular formula is C29H36ClF3N6O3. The third-order valence-electron chi connectivity index (χ3n) is 6.50. The molecule has 0 bridgehead atoms. The summed E-state index contributed by atoms with van der Waals surface area (Å²) in [6.45, 7) is 11.2. The Kier molecular flexibility index (Phi) is 9.08. The number of anilines is 1. The molecular weight excluding hydrogens is 573 g/mol. The molecule has 0 saturated carbocycles. The molecule has 3 aromatic rings. The Morgan fingerprint density at radius 3 is 2.33 bits per heavy atom. The third kappa shape index (κ3) is 7.52. The molecule has 1 aliphatic heterocycles. The highest BCUT2D eigenvalue weighted by atomic mass is 35.5. The summed E-state index contributed by atoms with van der Waals surface area (Å²) in [6, 6.07) is 5.48. The number of piperazine rings is 1. The van der Waals surface area contributed by atoms with E-state index in [2.05, 4.69) is 9.97 Å². The molecule has 0 spiro atoms. The number of rotatable bonds is 6. The molecule has 0 radical (unpaired) electrons. The van der Waals surface area contributed by atoms with E-state index in [-0.39, 0.29) is 28.4 Å². The minimum Gasteiger partial charge on any atom is -0.459 e. The van der Waals surface area contributed by atoms with E-state index in [1.54, 1.807) is 17.9 Å². The van der Waals surface area contributed by atoms with E-state index in [0.717, 1.165) is 6.07 Å². The second kappa shape index (κ2) is 12.1. The van der Waals surface area contributed by atoms with Gasteiger partial charge in [-0.2, -0.15) is 23.1 Å². The lowest BCUT2D eigenvalue weighted by Crippen LogP contribution is -2.50. The van der Waals surface area contributed by atoms with Crippen molar-refractivity contribution >= 4 is 34.4 Å². The molecule has 13 heteroatoms. The van der Waals surface area contributed by atoms with E-state index in [1.807, 2.05) is 51.6 Å². The minimum atomic E-state index is -4.63. The van der Waals surface area contributed by atoms with Crippen LogP contribution in [0.2, 0.25) is 5.02 Å². The Balaban J connectivity index is 1.78. The largest absolute Gasteiger partial charge is 0.459 e. The van der Waals surface area contributed by atoms with Crippen LogP contribution in [0.15, 0.2) is 24.3 Å². The third-order valence-corrected chi connectivity index (χ3v) is 6.81. The zero-order valence-electron chi connectivity index (χ0n) is 24.8. The van der Waals surface area contributed by atoms with Crippen molar-refractivity contribution in [1.82, 2.24) is 24.8 Å². The number of aryl methyl sites for hydroxylation is 1. The molecule has 3 heterocycles. The standard InChI is InChI=1S/C29H36ClF3N6O3/c1-17-8-9-21(29(31,32)33)24(34-17)19-15-23-20(14-22(19)30)25(36-26(35-23)41-18(2)16-37(6)7)38-10-12-39(13-11-38)27(40)42-28(3,4)5/h8-9,14-15,18H,10-13,16H2,1-7H3.